The van der Waals surface area contributed by atoms with E-state index in [2.05, 4.69) is 39.7 Å². The summed E-state index contributed by atoms with van der Waals surface area (Å²) in [6.07, 6.45) is 1.75. The third-order valence-electron chi connectivity index (χ3n) is 3.96. The van der Waals surface area contributed by atoms with Gasteiger partial charge in [0.25, 0.3) is 0 Å². The van der Waals surface area contributed by atoms with E-state index in [0.29, 0.717) is 19.0 Å². The molecular weight excluding hydrogens is 356 g/mol. The molecule has 140 valence electrons. The van der Waals surface area contributed by atoms with Crippen LogP contribution in [0.3, 0.4) is 0 Å². The van der Waals surface area contributed by atoms with Gasteiger partial charge in [-0.3, -0.25) is 4.99 Å². The highest BCUT2D eigenvalue weighted by Crippen LogP contribution is 2.16. The van der Waals surface area contributed by atoms with Crippen molar-refractivity contribution in [3.05, 3.63) is 81.7 Å². The minimum absolute atomic E-state index is 0.496. The second-order valence-electron chi connectivity index (χ2n) is 6.03. The van der Waals surface area contributed by atoms with Crippen LogP contribution in [0.4, 0.5) is 0 Å². The lowest BCUT2D eigenvalue weighted by atomic mass is 10.2. The summed E-state index contributed by atoms with van der Waals surface area (Å²) < 4.78 is 5.91. The van der Waals surface area contributed by atoms with Crippen LogP contribution in [0.25, 0.3) is 0 Å². The first-order chi connectivity index (χ1) is 13.2. The van der Waals surface area contributed by atoms with Crippen LogP contribution in [0.15, 0.2) is 65.8 Å². The molecule has 5 nitrogen and oxygen atoms in total. The number of benzene rings is 1. The number of aliphatic imine (C=N–C) groups is 1. The molecule has 3 aromatic rings. The molecule has 0 aliphatic heterocycles. The molecule has 0 saturated heterocycles. The lowest BCUT2D eigenvalue weighted by Crippen LogP contribution is -2.36. The molecule has 27 heavy (non-hydrogen) atoms. The van der Waals surface area contributed by atoms with Gasteiger partial charge in [-0.25, -0.2) is 4.98 Å². The Hall–Kier alpha value is -2.86. The summed E-state index contributed by atoms with van der Waals surface area (Å²) in [5, 5.41) is 6.66. The molecule has 0 amide bonds. The summed E-state index contributed by atoms with van der Waals surface area (Å²) in [6.45, 7) is 3.94. The second kappa shape index (κ2) is 9.73. The van der Waals surface area contributed by atoms with Crippen LogP contribution in [-0.4, -0.2) is 18.0 Å². The maximum absolute atomic E-state index is 5.91. The quantitative estimate of drug-likeness (QED) is 0.482. The van der Waals surface area contributed by atoms with Gasteiger partial charge in [0, 0.05) is 35.1 Å². The molecule has 0 atom stereocenters. The normalized spacial score (nSPS) is 11.3. The molecule has 0 unspecified atom stereocenters. The lowest BCUT2D eigenvalue weighted by Gasteiger charge is -2.14. The van der Waals surface area contributed by atoms with E-state index in [4.69, 9.17) is 4.74 Å². The van der Waals surface area contributed by atoms with Crippen molar-refractivity contribution in [1.82, 2.24) is 15.6 Å². The van der Waals surface area contributed by atoms with Gasteiger partial charge in [-0.15, -0.1) is 11.3 Å². The number of nitrogens with one attached hydrogen (secondary N) is 2. The molecule has 2 aromatic heterocycles. The standard InChI is InChI=1S/C21H24N4OS/c1-16-10-11-19(27-16)14-25-21(22-2)24-13-18-9-6-12-23-20(18)26-15-17-7-4-3-5-8-17/h3-12H,13-15H2,1-2H3,(H2,22,24,25). The van der Waals surface area contributed by atoms with Crippen LogP contribution in [0.1, 0.15) is 20.9 Å². The highest BCUT2D eigenvalue weighted by molar-refractivity contribution is 7.11. The number of nitrogens with zero attached hydrogens (tertiary/aromatic N) is 2. The van der Waals surface area contributed by atoms with Gasteiger partial charge in [-0.05, 0) is 30.7 Å². The van der Waals surface area contributed by atoms with Crippen LogP contribution in [0, 0.1) is 6.92 Å². The molecule has 2 heterocycles. The summed E-state index contributed by atoms with van der Waals surface area (Å²) in [5.41, 5.74) is 2.11. The SMILES string of the molecule is CN=C(NCc1ccc(C)s1)NCc1cccnc1OCc1ccccc1. The van der Waals surface area contributed by atoms with E-state index >= 15 is 0 Å². The molecule has 0 spiro atoms. The first-order valence-electron chi connectivity index (χ1n) is 8.85. The first kappa shape index (κ1) is 18.9. The molecule has 1 aromatic carbocycles. The van der Waals surface area contributed by atoms with E-state index < -0.39 is 0 Å². The number of hydrogen-bond acceptors (Lipinski definition) is 4. The number of guanidine groups is 1. The smallest absolute Gasteiger partial charge is 0.218 e. The van der Waals surface area contributed by atoms with Crippen molar-refractivity contribution < 1.29 is 4.74 Å². The number of thiophene rings is 1. The average Bonchev–Trinajstić information content (AvgIpc) is 3.13. The Morgan fingerprint density at radius 3 is 2.59 bits per heavy atom. The van der Waals surface area contributed by atoms with Crippen molar-refractivity contribution >= 4 is 17.3 Å². The van der Waals surface area contributed by atoms with Gasteiger partial charge >= 0.3 is 0 Å². The zero-order valence-electron chi connectivity index (χ0n) is 15.6. The zero-order chi connectivity index (χ0) is 18.9. The summed E-state index contributed by atoms with van der Waals surface area (Å²) in [5.74, 6) is 1.39. The van der Waals surface area contributed by atoms with E-state index in [-0.39, 0.29) is 0 Å². The molecule has 0 aliphatic carbocycles. The fraction of sp³-hybridized carbons (Fsp3) is 0.238. The molecule has 0 saturated carbocycles. The molecule has 6 heteroatoms. The van der Waals surface area contributed by atoms with Crippen molar-refractivity contribution in [1.29, 1.82) is 0 Å². The lowest BCUT2D eigenvalue weighted by molar-refractivity contribution is 0.290. The summed E-state index contributed by atoms with van der Waals surface area (Å²) in [7, 11) is 1.77. The molecule has 0 fully saturated rings. The molecule has 2 N–H and O–H groups in total. The number of pyridine rings is 1. The molecule has 0 aliphatic rings. The van der Waals surface area contributed by atoms with Crippen LogP contribution < -0.4 is 15.4 Å². The van der Waals surface area contributed by atoms with Gasteiger partial charge in [0.05, 0.1) is 6.54 Å². The first-order valence-corrected chi connectivity index (χ1v) is 9.66. The Morgan fingerprint density at radius 2 is 1.85 bits per heavy atom. The highest BCUT2D eigenvalue weighted by atomic mass is 32.1. The number of aromatic nitrogens is 1. The van der Waals surface area contributed by atoms with E-state index in [1.807, 2.05) is 42.5 Å². The van der Waals surface area contributed by atoms with Crippen LogP contribution in [0.2, 0.25) is 0 Å². The minimum atomic E-state index is 0.496. The minimum Gasteiger partial charge on any atom is -0.473 e. The van der Waals surface area contributed by atoms with Crippen LogP contribution >= 0.6 is 11.3 Å². The largest absolute Gasteiger partial charge is 0.473 e. The second-order valence-corrected chi connectivity index (χ2v) is 7.41. The van der Waals surface area contributed by atoms with E-state index in [1.54, 1.807) is 24.6 Å². The Kier molecular flexibility index (Phi) is 6.82. The van der Waals surface area contributed by atoms with Crippen molar-refractivity contribution in [3.8, 4) is 5.88 Å². The Bertz CT molecular complexity index is 877. The summed E-state index contributed by atoms with van der Waals surface area (Å²) in [4.78, 5) is 11.3. The van der Waals surface area contributed by atoms with Crippen molar-refractivity contribution in [3.63, 3.8) is 0 Å². The van der Waals surface area contributed by atoms with Crippen molar-refractivity contribution in [2.45, 2.75) is 26.6 Å². The van der Waals surface area contributed by atoms with Gasteiger partial charge in [0.15, 0.2) is 5.96 Å². The van der Waals surface area contributed by atoms with Gasteiger partial charge < -0.3 is 15.4 Å². The number of rotatable bonds is 7. The molecule has 0 bridgehead atoms. The van der Waals surface area contributed by atoms with E-state index in [1.165, 1.54) is 9.75 Å². The zero-order valence-corrected chi connectivity index (χ0v) is 16.4. The van der Waals surface area contributed by atoms with Gasteiger partial charge in [-0.1, -0.05) is 36.4 Å². The van der Waals surface area contributed by atoms with Crippen LogP contribution in [0.5, 0.6) is 5.88 Å². The maximum Gasteiger partial charge on any atom is 0.218 e. The predicted octanol–water partition coefficient (Wildman–Crippen LogP) is 3.90. The predicted molar refractivity (Wildman–Crippen MR) is 111 cm³/mol. The van der Waals surface area contributed by atoms with E-state index in [9.17, 15) is 0 Å². The number of aryl methyl sites for hydroxylation is 1. The fourth-order valence-corrected chi connectivity index (χ4v) is 3.40. The van der Waals surface area contributed by atoms with Gasteiger partial charge in [0.1, 0.15) is 6.61 Å². The summed E-state index contributed by atoms with van der Waals surface area (Å²) >= 11 is 1.79. The Labute approximate surface area is 164 Å². The Morgan fingerprint density at radius 1 is 1.04 bits per heavy atom. The van der Waals surface area contributed by atoms with Gasteiger partial charge in [0.2, 0.25) is 5.88 Å². The average molecular weight is 381 g/mol. The number of hydrogen-bond donors (Lipinski definition) is 2. The molecular formula is C21H24N4OS. The van der Waals surface area contributed by atoms with Crippen molar-refractivity contribution in [2.75, 3.05) is 7.05 Å². The van der Waals surface area contributed by atoms with Crippen LogP contribution in [-0.2, 0) is 19.7 Å². The monoisotopic (exact) mass is 380 g/mol. The third-order valence-corrected chi connectivity index (χ3v) is 4.96. The fourth-order valence-electron chi connectivity index (χ4n) is 2.57. The van der Waals surface area contributed by atoms with Crippen molar-refractivity contribution in [2.24, 2.45) is 4.99 Å². The maximum atomic E-state index is 5.91. The van der Waals surface area contributed by atoms with Gasteiger partial charge in [-0.2, -0.15) is 0 Å². The van der Waals surface area contributed by atoms with E-state index in [0.717, 1.165) is 23.6 Å². The molecule has 3 rings (SSSR count). The summed E-state index contributed by atoms with van der Waals surface area (Å²) in [6, 6.07) is 18.3. The highest BCUT2D eigenvalue weighted by Gasteiger charge is 2.07. The third kappa shape index (κ3) is 5.82. The topological polar surface area (TPSA) is 58.5 Å². The Balaban J connectivity index is 1.55. The number of ether oxygens (including phenoxy) is 1. The molecule has 0 radical (unpaired) electrons.